The van der Waals surface area contributed by atoms with E-state index < -0.39 is 4.92 Å². The predicted molar refractivity (Wildman–Crippen MR) is 70.8 cm³/mol. The van der Waals surface area contributed by atoms with E-state index in [9.17, 15) is 10.1 Å². The van der Waals surface area contributed by atoms with Gasteiger partial charge >= 0.3 is 5.69 Å². The lowest BCUT2D eigenvalue weighted by Gasteiger charge is -2.08. The summed E-state index contributed by atoms with van der Waals surface area (Å²) in [6.07, 6.45) is 1.58. The molecule has 0 fully saturated rings. The fraction of sp³-hybridized carbons (Fsp3) is 0.154. The molecule has 0 saturated carbocycles. The molecule has 6 heteroatoms. The molecule has 2 rings (SSSR count). The van der Waals surface area contributed by atoms with Gasteiger partial charge in [0.25, 0.3) is 0 Å². The number of rotatable bonds is 4. The smallest absolute Gasteiger partial charge is 0.313 e. The van der Waals surface area contributed by atoms with Gasteiger partial charge in [-0.15, -0.1) is 0 Å². The molecule has 0 aliphatic rings. The van der Waals surface area contributed by atoms with Crippen molar-refractivity contribution in [3.63, 3.8) is 0 Å². The van der Waals surface area contributed by atoms with Crippen molar-refractivity contribution in [1.29, 1.82) is 0 Å². The van der Waals surface area contributed by atoms with Crippen LogP contribution in [0.5, 0.6) is 5.75 Å². The second kappa shape index (κ2) is 5.34. The van der Waals surface area contributed by atoms with Crippen molar-refractivity contribution in [3.8, 4) is 5.75 Å². The van der Waals surface area contributed by atoms with Crippen LogP contribution in [-0.2, 0) is 6.61 Å². The first-order valence-electron chi connectivity index (χ1n) is 5.65. The highest BCUT2D eigenvalue weighted by atomic mass is 16.6. The maximum Gasteiger partial charge on any atom is 0.313 e. The molecule has 0 amide bonds. The molecule has 0 radical (unpaired) electrons. The van der Waals surface area contributed by atoms with Gasteiger partial charge in [0, 0.05) is 17.3 Å². The van der Waals surface area contributed by atoms with Crippen LogP contribution in [0.25, 0.3) is 0 Å². The molecule has 6 nitrogen and oxygen atoms in total. The average molecular weight is 259 g/mol. The summed E-state index contributed by atoms with van der Waals surface area (Å²) in [5, 5.41) is 11.0. The average Bonchev–Trinajstić information content (AvgIpc) is 2.37. The lowest BCUT2D eigenvalue weighted by Crippen LogP contribution is -2.01. The number of nitro groups is 1. The molecule has 2 N–H and O–H groups in total. The lowest BCUT2D eigenvalue weighted by molar-refractivity contribution is -0.386. The van der Waals surface area contributed by atoms with Gasteiger partial charge in [0.2, 0.25) is 0 Å². The number of nitrogen functional groups attached to an aromatic ring is 1. The second-order valence-electron chi connectivity index (χ2n) is 4.06. The summed E-state index contributed by atoms with van der Waals surface area (Å²) in [5.41, 5.74) is 6.83. The first kappa shape index (κ1) is 12.8. The van der Waals surface area contributed by atoms with Crippen LogP contribution in [0, 0.1) is 17.0 Å². The number of ether oxygens (including phenoxy) is 1. The van der Waals surface area contributed by atoms with E-state index in [1.165, 1.54) is 0 Å². The molecule has 1 aromatic carbocycles. The Morgan fingerprint density at radius 2 is 2.16 bits per heavy atom. The first-order chi connectivity index (χ1) is 9.08. The highest BCUT2D eigenvalue weighted by Gasteiger charge is 2.17. The largest absolute Gasteiger partial charge is 0.482 e. The number of nitrogens with two attached hydrogens (primary N) is 1. The Hall–Kier alpha value is -2.63. The molecule has 0 saturated heterocycles. The molecule has 98 valence electrons. The normalized spacial score (nSPS) is 10.2. The highest BCUT2D eigenvalue weighted by molar-refractivity contribution is 5.52. The van der Waals surface area contributed by atoms with E-state index in [0.29, 0.717) is 11.4 Å². The number of benzene rings is 1. The Bertz CT molecular complexity index is 597. The molecule has 1 aromatic heterocycles. The van der Waals surface area contributed by atoms with Gasteiger partial charge in [0.15, 0.2) is 5.75 Å². The Kier molecular flexibility index (Phi) is 3.61. The molecule has 0 spiro atoms. The molecular formula is C13H13N3O3. The summed E-state index contributed by atoms with van der Waals surface area (Å²) in [6, 6.07) is 8.40. The third-order valence-corrected chi connectivity index (χ3v) is 2.63. The Balaban J connectivity index is 2.18. The summed E-state index contributed by atoms with van der Waals surface area (Å²) in [4.78, 5) is 14.5. The van der Waals surface area contributed by atoms with Crippen molar-refractivity contribution in [1.82, 2.24) is 4.98 Å². The Morgan fingerprint density at radius 3 is 2.79 bits per heavy atom. The van der Waals surface area contributed by atoms with Gasteiger partial charge in [-0.25, -0.2) is 4.98 Å². The van der Waals surface area contributed by atoms with Gasteiger partial charge in [-0.3, -0.25) is 10.1 Å². The number of hydrogen-bond acceptors (Lipinski definition) is 5. The second-order valence-corrected chi connectivity index (χ2v) is 4.06. The molecule has 0 unspecified atom stereocenters. The van der Waals surface area contributed by atoms with Gasteiger partial charge < -0.3 is 10.5 Å². The fourth-order valence-electron chi connectivity index (χ4n) is 1.66. The number of anilines is 1. The third kappa shape index (κ3) is 2.98. The standard InChI is InChI=1S/C13H13N3O3/c1-9-3-2-4-11(13(9)16(17)18)19-8-10-5-6-12(14)15-7-10/h2-7H,8H2,1H3,(H2,14,15). The monoisotopic (exact) mass is 259 g/mol. The van der Waals surface area contributed by atoms with Crippen molar-refractivity contribution in [2.75, 3.05) is 5.73 Å². The Morgan fingerprint density at radius 1 is 1.37 bits per heavy atom. The van der Waals surface area contributed by atoms with Crippen LogP contribution in [-0.4, -0.2) is 9.91 Å². The first-order valence-corrected chi connectivity index (χ1v) is 5.65. The van der Waals surface area contributed by atoms with Crippen LogP contribution in [0.4, 0.5) is 11.5 Å². The summed E-state index contributed by atoms with van der Waals surface area (Å²) < 4.78 is 5.48. The zero-order chi connectivity index (χ0) is 13.8. The minimum absolute atomic E-state index is 0.00842. The molecular weight excluding hydrogens is 246 g/mol. The molecule has 2 aromatic rings. The van der Waals surface area contributed by atoms with Gasteiger partial charge in [-0.1, -0.05) is 18.2 Å². The predicted octanol–water partition coefficient (Wildman–Crippen LogP) is 2.46. The number of aryl methyl sites for hydroxylation is 1. The summed E-state index contributed by atoms with van der Waals surface area (Å²) in [6.45, 7) is 1.88. The highest BCUT2D eigenvalue weighted by Crippen LogP contribution is 2.30. The number of para-hydroxylation sites is 1. The third-order valence-electron chi connectivity index (χ3n) is 2.63. The van der Waals surface area contributed by atoms with E-state index in [2.05, 4.69) is 4.98 Å². The maximum absolute atomic E-state index is 11.0. The minimum Gasteiger partial charge on any atom is -0.482 e. The van der Waals surface area contributed by atoms with Crippen molar-refractivity contribution in [3.05, 3.63) is 57.8 Å². The molecule has 0 aliphatic carbocycles. The van der Waals surface area contributed by atoms with Crippen LogP contribution in [0.3, 0.4) is 0 Å². The number of hydrogen-bond donors (Lipinski definition) is 1. The Labute approximate surface area is 110 Å². The van der Waals surface area contributed by atoms with Gasteiger partial charge in [0.05, 0.1) is 4.92 Å². The van der Waals surface area contributed by atoms with Gasteiger partial charge in [-0.05, 0) is 19.1 Å². The van der Waals surface area contributed by atoms with Gasteiger partial charge in [-0.2, -0.15) is 0 Å². The van der Waals surface area contributed by atoms with Crippen molar-refractivity contribution < 1.29 is 9.66 Å². The summed E-state index contributed by atoms with van der Waals surface area (Å²) in [7, 11) is 0. The number of pyridine rings is 1. The lowest BCUT2D eigenvalue weighted by atomic mass is 10.2. The zero-order valence-corrected chi connectivity index (χ0v) is 10.4. The van der Waals surface area contributed by atoms with Crippen LogP contribution in [0.15, 0.2) is 36.5 Å². The van der Waals surface area contributed by atoms with Crippen LogP contribution >= 0.6 is 0 Å². The maximum atomic E-state index is 11.0. The van der Waals surface area contributed by atoms with Crippen molar-refractivity contribution >= 4 is 11.5 Å². The number of nitrogens with zero attached hydrogens (tertiary/aromatic N) is 2. The van der Waals surface area contributed by atoms with E-state index in [4.69, 9.17) is 10.5 Å². The molecule has 0 bridgehead atoms. The SMILES string of the molecule is Cc1cccc(OCc2ccc(N)nc2)c1[N+](=O)[O-]. The van der Waals surface area contributed by atoms with Gasteiger partial charge in [0.1, 0.15) is 12.4 Å². The summed E-state index contributed by atoms with van der Waals surface area (Å²) in [5.74, 6) is 0.673. The fourth-order valence-corrected chi connectivity index (χ4v) is 1.66. The van der Waals surface area contributed by atoms with E-state index >= 15 is 0 Å². The van der Waals surface area contributed by atoms with Crippen LogP contribution in [0.1, 0.15) is 11.1 Å². The molecule has 0 aliphatic heterocycles. The molecule has 19 heavy (non-hydrogen) atoms. The van der Waals surface area contributed by atoms with Crippen LogP contribution < -0.4 is 10.5 Å². The van der Waals surface area contributed by atoms with Crippen molar-refractivity contribution in [2.24, 2.45) is 0 Å². The van der Waals surface area contributed by atoms with E-state index in [-0.39, 0.29) is 18.0 Å². The van der Waals surface area contributed by atoms with Crippen molar-refractivity contribution in [2.45, 2.75) is 13.5 Å². The van der Waals surface area contributed by atoms with Crippen LogP contribution in [0.2, 0.25) is 0 Å². The number of nitro benzene ring substituents is 1. The minimum atomic E-state index is -0.439. The zero-order valence-electron chi connectivity index (χ0n) is 10.4. The topological polar surface area (TPSA) is 91.3 Å². The van der Waals surface area contributed by atoms with E-state index in [1.54, 1.807) is 43.5 Å². The molecule has 0 atom stereocenters. The summed E-state index contributed by atoms with van der Waals surface area (Å²) >= 11 is 0. The quantitative estimate of drug-likeness (QED) is 0.672. The number of aromatic nitrogens is 1. The van der Waals surface area contributed by atoms with E-state index in [1.807, 2.05) is 0 Å². The van der Waals surface area contributed by atoms with E-state index in [0.717, 1.165) is 5.56 Å². The molecule has 1 heterocycles.